The van der Waals surface area contributed by atoms with Crippen LogP contribution in [0.25, 0.3) is 11.1 Å². The number of benzene rings is 2. The third kappa shape index (κ3) is 3.57. The molecule has 2 heterocycles. The summed E-state index contributed by atoms with van der Waals surface area (Å²) in [6.45, 7) is -0.494. The maximum absolute atomic E-state index is 15.4. The Morgan fingerprint density at radius 2 is 1.90 bits per heavy atom. The number of nitrogens with zero attached hydrogens (tertiary/aromatic N) is 2. The Morgan fingerprint density at radius 1 is 1.07 bits per heavy atom. The molecule has 1 spiro atoms. The molecule has 0 aromatic heterocycles. The first-order valence-corrected chi connectivity index (χ1v) is 9.67. The van der Waals surface area contributed by atoms with Crippen LogP contribution in [0.3, 0.4) is 0 Å². The third-order valence-corrected chi connectivity index (χ3v) is 5.43. The van der Waals surface area contributed by atoms with Crippen LogP contribution in [0.15, 0.2) is 47.5 Å². The van der Waals surface area contributed by atoms with Crippen molar-refractivity contribution in [2.75, 3.05) is 20.0 Å². The number of nitrogens with two attached hydrogens (primary N) is 1. The van der Waals surface area contributed by atoms with Gasteiger partial charge in [0.15, 0.2) is 18.9 Å². The molecule has 6 nitrogen and oxygen atoms in total. The van der Waals surface area contributed by atoms with Crippen LogP contribution in [0.4, 0.5) is 8.78 Å². The predicted molar refractivity (Wildman–Crippen MR) is 106 cm³/mol. The van der Waals surface area contributed by atoms with Gasteiger partial charge in [-0.25, -0.2) is 4.99 Å². The highest BCUT2D eigenvalue weighted by Crippen LogP contribution is 2.51. The lowest BCUT2D eigenvalue weighted by Crippen LogP contribution is -2.53. The van der Waals surface area contributed by atoms with E-state index in [4.69, 9.17) is 19.9 Å². The molecule has 2 aliphatic rings. The summed E-state index contributed by atoms with van der Waals surface area (Å²) in [5.41, 5.74) is 5.95. The van der Waals surface area contributed by atoms with Gasteiger partial charge in [-0.05, 0) is 54.7 Å². The second kappa shape index (κ2) is 7.92. The van der Waals surface area contributed by atoms with Gasteiger partial charge >= 0.3 is 5.92 Å². The molecule has 4 rings (SSSR count). The molecule has 2 N–H and O–H groups in total. The van der Waals surface area contributed by atoms with Crippen molar-refractivity contribution < 1.29 is 23.0 Å². The second-order valence-electron chi connectivity index (χ2n) is 7.33. The monoisotopic (exact) mass is 413 g/mol. The number of ether oxygens (including phenoxy) is 3. The summed E-state index contributed by atoms with van der Waals surface area (Å²) in [7, 11) is 0. The van der Waals surface area contributed by atoms with E-state index >= 15 is 8.78 Å². The van der Waals surface area contributed by atoms with Crippen LogP contribution >= 0.6 is 0 Å². The third-order valence-electron chi connectivity index (χ3n) is 5.43. The molecular formula is C22H21F2N3O3. The Balaban J connectivity index is 1.93. The lowest BCUT2D eigenvalue weighted by atomic mass is 9.78. The molecule has 0 fully saturated rings. The van der Waals surface area contributed by atoms with E-state index in [0.29, 0.717) is 30.6 Å². The van der Waals surface area contributed by atoms with Crippen molar-refractivity contribution in [3.05, 3.63) is 53.6 Å². The largest absolute Gasteiger partial charge is 0.467 e. The number of nitriles is 1. The number of rotatable bonds is 1. The van der Waals surface area contributed by atoms with Crippen LogP contribution in [-0.4, -0.2) is 32.0 Å². The number of hydrogen-bond donors (Lipinski definition) is 1. The van der Waals surface area contributed by atoms with Gasteiger partial charge in [-0.3, -0.25) is 0 Å². The molecule has 2 aromatic carbocycles. The zero-order valence-electron chi connectivity index (χ0n) is 16.2. The van der Waals surface area contributed by atoms with Crippen molar-refractivity contribution in [3.8, 4) is 22.9 Å². The van der Waals surface area contributed by atoms with Crippen LogP contribution in [0.2, 0.25) is 0 Å². The Kier molecular flexibility index (Phi) is 5.31. The van der Waals surface area contributed by atoms with E-state index < -0.39 is 18.1 Å². The van der Waals surface area contributed by atoms with Crippen molar-refractivity contribution in [3.63, 3.8) is 0 Å². The summed E-state index contributed by atoms with van der Waals surface area (Å²) in [6, 6.07) is 13.8. The molecule has 0 aliphatic carbocycles. The summed E-state index contributed by atoms with van der Waals surface area (Å²) in [5, 5.41) is 9.20. The highest BCUT2D eigenvalue weighted by Gasteiger charge is 2.59. The lowest BCUT2D eigenvalue weighted by Gasteiger charge is -2.41. The van der Waals surface area contributed by atoms with E-state index in [2.05, 4.69) is 11.1 Å². The molecule has 0 bridgehead atoms. The number of aliphatic imine (C=N–C) groups is 1. The zero-order valence-corrected chi connectivity index (χ0v) is 16.2. The van der Waals surface area contributed by atoms with E-state index in [1.165, 1.54) is 0 Å². The molecular weight excluding hydrogens is 392 g/mol. The van der Waals surface area contributed by atoms with Gasteiger partial charge in [0.05, 0.1) is 18.2 Å². The topological polar surface area (TPSA) is 89.9 Å². The van der Waals surface area contributed by atoms with Gasteiger partial charge in [0.1, 0.15) is 5.75 Å². The van der Waals surface area contributed by atoms with E-state index in [-0.39, 0.29) is 30.5 Å². The summed E-state index contributed by atoms with van der Waals surface area (Å²) in [5.74, 6) is -3.03. The molecule has 0 amide bonds. The molecule has 1 unspecified atom stereocenters. The summed E-state index contributed by atoms with van der Waals surface area (Å²) >= 11 is 0. The van der Waals surface area contributed by atoms with Gasteiger partial charge in [0.25, 0.3) is 6.02 Å². The van der Waals surface area contributed by atoms with Crippen molar-refractivity contribution in [2.45, 2.75) is 30.7 Å². The van der Waals surface area contributed by atoms with Crippen molar-refractivity contribution in [1.82, 2.24) is 0 Å². The van der Waals surface area contributed by atoms with E-state index in [1.54, 1.807) is 36.4 Å². The first-order valence-electron chi connectivity index (χ1n) is 9.67. The minimum Gasteiger partial charge on any atom is -0.467 e. The fourth-order valence-corrected chi connectivity index (χ4v) is 3.89. The molecule has 0 radical (unpaired) electrons. The van der Waals surface area contributed by atoms with Crippen LogP contribution in [-0.2, 0) is 15.0 Å². The first-order chi connectivity index (χ1) is 14.4. The zero-order chi connectivity index (χ0) is 21.2. The van der Waals surface area contributed by atoms with Crippen LogP contribution in [0, 0.1) is 11.3 Å². The van der Waals surface area contributed by atoms with E-state index in [9.17, 15) is 5.26 Å². The average Bonchev–Trinajstić information content (AvgIpc) is 2.75. The molecule has 0 saturated heterocycles. The maximum Gasteiger partial charge on any atom is 0.310 e. The number of fused-ring (bicyclic) bond motifs is 2. The molecule has 1 atom stereocenters. The minimum atomic E-state index is -3.29. The Labute approximate surface area is 172 Å². The van der Waals surface area contributed by atoms with Crippen molar-refractivity contribution >= 4 is 6.02 Å². The second-order valence-corrected chi connectivity index (χ2v) is 7.33. The van der Waals surface area contributed by atoms with Gasteiger partial charge < -0.3 is 19.9 Å². The SMILES string of the molecule is N#Cc1cccc(-c2ccc3c(c2)C2(CCCCOCO3)N=C(N)OCC2(F)F)c1. The van der Waals surface area contributed by atoms with Gasteiger partial charge in [-0.2, -0.15) is 14.0 Å². The summed E-state index contributed by atoms with van der Waals surface area (Å²) in [6.07, 6.45) is 1.13. The molecule has 2 aliphatic heterocycles. The van der Waals surface area contributed by atoms with E-state index in [0.717, 1.165) is 5.56 Å². The van der Waals surface area contributed by atoms with Crippen LogP contribution < -0.4 is 10.5 Å². The number of alkyl halides is 2. The average molecular weight is 413 g/mol. The minimum absolute atomic E-state index is 0.0480. The smallest absolute Gasteiger partial charge is 0.310 e. The normalized spacial score (nSPS) is 23.3. The quantitative estimate of drug-likeness (QED) is 0.765. The lowest BCUT2D eigenvalue weighted by molar-refractivity contribution is -0.128. The van der Waals surface area contributed by atoms with Crippen LogP contribution in [0.5, 0.6) is 5.75 Å². The standard InChI is InChI=1S/C22H21F2N3O3/c23-22(24)13-29-20(26)27-21(22)8-1-2-9-28-14-30-19-7-6-17(11-18(19)21)16-5-3-4-15(10-16)12-25/h3-7,10-11H,1-2,8-9,13-14H2,(H2,26,27). The fraction of sp³-hybridized carbons (Fsp3) is 0.364. The van der Waals surface area contributed by atoms with Gasteiger partial charge in [0.2, 0.25) is 0 Å². The Morgan fingerprint density at radius 3 is 2.73 bits per heavy atom. The highest BCUT2D eigenvalue weighted by molar-refractivity contribution is 5.74. The predicted octanol–water partition coefficient (Wildman–Crippen LogP) is 3.94. The van der Waals surface area contributed by atoms with Gasteiger partial charge in [-0.15, -0.1) is 0 Å². The Hall–Kier alpha value is -3.18. The maximum atomic E-state index is 15.4. The fourth-order valence-electron chi connectivity index (χ4n) is 3.89. The van der Waals surface area contributed by atoms with Crippen LogP contribution in [0.1, 0.15) is 30.4 Å². The van der Waals surface area contributed by atoms with E-state index in [1.807, 2.05) is 6.07 Å². The van der Waals surface area contributed by atoms with Gasteiger partial charge in [-0.1, -0.05) is 18.2 Å². The molecule has 156 valence electrons. The molecule has 2 aromatic rings. The molecule has 8 heteroatoms. The molecule has 30 heavy (non-hydrogen) atoms. The highest BCUT2D eigenvalue weighted by atomic mass is 19.3. The summed E-state index contributed by atoms with van der Waals surface area (Å²) < 4.78 is 46.8. The number of hydrogen-bond acceptors (Lipinski definition) is 6. The first kappa shape index (κ1) is 20.1. The van der Waals surface area contributed by atoms with Gasteiger partial charge in [0, 0.05) is 5.56 Å². The molecule has 0 saturated carbocycles. The number of halogens is 2. The Bertz CT molecular complexity index is 1020. The number of amidine groups is 1. The van der Waals surface area contributed by atoms with Crippen molar-refractivity contribution in [1.29, 1.82) is 5.26 Å². The van der Waals surface area contributed by atoms with Crippen molar-refractivity contribution in [2.24, 2.45) is 10.7 Å². The summed E-state index contributed by atoms with van der Waals surface area (Å²) in [4.78, 5) is 4.16.